The summed E-state index contributed by atoms with van der Waals surface area (Å²) in [5.41, 5.74) is 2.50. The van der Waals surface area contributed by atoms with Crippen LogP contribution in [0.1, 0.15) is 17.5 Å². The largest absolute Gasteiger partial charge is 0.480 e. The molecular formula is C12H13NO4. The molecule has 5 heteroatoms. The maximum atomic E-state index is 11.2. The zero-order chi connectivity index (χ0) is 12.3. The van der Waals surface area contributed by atoms with Gasteiger partial charge in [0.2, 0.25) is 0 Å². The van der Waals surface area contributed by atoms with Crippen LogP contribution in [0.2, 0.25) is 0 Å². The van der Waals surface area contributed by atoms with Gasteiger partial charge in [-0.1, -0.05) is 6.07 Å². The van der Waals surface area contributed by atoms with Crippen LogP contribution in [0.3, 0.4) is 0 Å². The molecule has 0 heterocycles. The molecule has 0 saturated heterocycles. The minimum Gasteiger partial charge on any atom is -0.480 e. The first kappa shape index (κ1) is 11.4. The van der Waals surface area contributed by atoms with Gasteiger partial charge in [-0.25, -0.2) is 4.79 Å². The van der Waals surface area contributed by atoms with Crippen LogP contribution in [-0.2, 0) is 17.6 Å². The third-order valence-electron chi connectivity index (χ3n) is 2.66. The van der Waals surface area contributed by atoms with E-state index in [-0.39, 0.29) is 0 Å². The second kappa shape index (κ2) is 4.86. The van der Waals surface area contributed by atoms with E-state index in [9.17, 15) is 9.59 Å². The monoisotopic (exact) mass is 235 g/mol. The Hall–Kier alpha value is -2.04. The van der Waals surface area contributed by atoms with Gasteiger partial charge in [-0.15, -0.1) is 0 Å². The Labute approximate surface area is 98.4 Å². The number of carboxylic acid groups (broad SMARTS) is 1. The van der Waals surface area contributed by atoms with Crippen LogP contribution in [0.15, 0.2) is 18.2 Å². The molecular weight excluding hydrogens is 222 g/mol. The van der Waals surface area contributed by atoms with Crippen LogP contribution >= 0.6 is 0 Å². The topological polar surface area (TPSA) is 75.6 Å². The molecule has 0 spiro atoms. The number of nitrogens with one attached hydrogen (secondary N) is 1. The van der Waals surface area contributed by atoms with Gasteiger partial charge in [-0.3, -0.25) is 4.79 Å². The lowest BCUT2D eigenvalue weighted by Crippen LogP contribution is -2.31. The van der Waals surface area contributed by atoms with Gasteiger partial charge in [0.15, 0.2) is 0 Å². The van der Waals surface area contributed by atoms with Crippen LogP contribution in [0.25, 0.3) is 0 Å². The summed E-state index contributed by atoms with van der Waals surface area (Å²) < 4.78 is 4.98. The van der Waals surface area contributed by atoms with Crippen molar-refractivity contribution in [2.75, 3.05) is 6.54 Å². The molecule has 2 rings (SSSR count). The Kier molecular flexibility index (Phi) is 3.27. The number of fused-ring (bicyclic) bond motifs is 1. The highest BCUT2D eigenvalue weighted by atomic mass is 16.6. The fraction of sp³-hybridized carbons (Fsp3) is 0.333. The summed E-state index contributed by atoms with van der Waals surface area (Å²) in [7, 11) is 0. The van der Waals surface area contributed by atoms with E-state index in [0.717, 1.165) is 19.3 Å². The van der Waals surface area contributed by atoms with E-state index in [4.69, 9.17) is 9.84 Å². The summed E-state index contributed by atoms with van der Waals surface area (Å²) in [6, 6.07) is 5.51. The average Bonchev–Trinajstić information content (AvgIpc) is 2.73. The third-order valence-corrected chi connectivity index (χ3v) is 2.66. The van der Waals surface area contributed by atoms with Crippen molar-refractivity contribution in [1.29, 1.82) is 0 Å². The van der Waals surface area contributed by atoms with Crippen molar-refractivity contribution >= 4 is 12.1 Å². The normalized spacial score (nSPS) is 12.9. The highest BCUT2D eigenvalue weighted by Crippen LogP contribution is 2.25. The van der Waals surface area contributed by atoms with Gasteiger partial charge in [0, 0.05) is 0 Å². The lowest BCUT2D eigenvalue weighted by atomic mass is 10.1. The average molecular weight is 235 g/mol. The maximum absolute atomic E-state index is 11.2. The van der Waals surface area contributed by atoms with Crippen molar-refractivity contribution in [1.82, 2.24) is 5.32 Å². The summed E-state index contributed by atoms with van der Waals surface area (Å²) in [6.45, 7) is -0.441. The first-order chi connectivity index (χ1) is 8.15. The van der Waals surface area contributed by atoms with Crippen molar-refractivity contribution < 1.29 is 19.4 Å². The quantitative estimate of drug-likeness (QED) is 0.829. The smallest absolute Gasteiger partial charge is 0.413 e. The molecule has 1 amide bonds. The SMILES string of the molecule is O=C(O)CNC(=O)Oc1ccc2c(c1)CCC2. The minimum atomic E-state index is -1.10. The van der Waals surface area contributed by atoms with Crippen LogP contribution in [0, 0.1) is 0 Å². The van der Waals surface area contributed by atoms with E-state index < -0.39 is 18.6 Å². The lowest BCUT2D eigenvalue weighted by molar-refractivity contribution is -0.135. The number of carbonyl (C=O) groups excluding carboxylic acids is 1. The van der Waals surface area contributed by atoms with Crippen LogP contribution in [0.5, 0.6) is 5.75 Å². The van der Waals surface area contributed by atoms with Gasteiger partial charge in [0.05, 0.1) is 0 Å². The highest BCUT2D eigenvalue weighted by Gasteiger charge is 2.13. The number of rotatable bonds is 3. The zero-order valence-corrected chi connectivity index (χ0v) is 9.23. The number of aliphatic carboxylic acids is 1. The minimum absolute atomic E-state index is 0.441. The zero-order valence-electron chi connectivity index (χ0n) is 9.23. The highest BCUT2D eigenvalue weighted by molar-refractivity contribution is 5.77. The van der Waals surface area contributed by atoms with Gasteiger partial charge >= 0.3 is 12.1 Å². The molecule has 0 fully saturated rings. The molecule has 90 valence electrons. The molecule has 0 radical (unpaired) electrons. The first-order valence-electron chi connectivity index (χ1n) is 5.44. The number of carboxylic acids is 1. The fourth-order valence-electron chi connectivity index (χ4n) is 1.90. The van der Waals surface area contributed by atoms with Crippen molar-refractivity contribution in [2.24, 2.45) is 0 Å². The Morgan fingerprint density at radius 2 is 2.06 bits per heavy atom. The molecule has 0 saturated carbocycles. The molecule has 5 nitrogen and oxygen atoms in total. The number of ether oxygens (including phenoxy) is 1. The molecule has 17 heavy (non-hydrogen) atoms. The number of hydrogen-bond acceptors (Lipinski definition) is 3. The molecule has 2 N–H and O–H groups in total. The fourth-order valence-corrected chi connectivity index (χ4v) is 1.90. The summed E-state index contributed by atoms with van der Waals surface area (Å²) in [5.74, 6) is -0.649. The van der Waals surface area contributed by atoms with E-state index in [1.54, 1.807) is 6.07 Å². The number of carbonyl (C=O) groups is 2. The van der Waals surface area contributed by atoms with Gasteiger partial charge in [0.25, 0.3) is 0 Å². The molecule has 1 aromatic carbocycles. The Balaban J connectivity index is 1.95. The number of hydrogen-bond donors (Lipinski definition) is 2. The summed E-state index contributed by atoms with van der Waals surface area (Å²) in [6.07, 6.45) is 2.46. The Morgan fingerprint density at radius 1 is 1.29 bits per heavy atom. The van der Waals surface area contributed by atoms with E-state index in [1.165, 1.54) is 11.1 Å². The van der Waals surface area contributed by atoms with Gasteiger partial charge in [-0.2, -0.15) is 0 Å². The third kappa shape index (κ3) is 2.96. The molecule has 0 bridgehead atoms. The first-order valence-corrected chi connectivity index (χ1v) is 5.44. The molecule has 1 aromatic rings. The summed E-state index contributed by atoms with van der Waals surface area (Å²) in [5, 5.41) is 10.5. The molecule has 0 unspecified atom stereocenters. The second-order valence-corrected chi connectivity index (χ2v) is 3.92. The number of amides is 1. The van der Waals surface area contributed by atoms with Crippen molar-refractivity contribution in [3.8, 4) is 5.75 Å². The van der Waals surface area contributed by atoms with E-state index in [1.807, 2.05) is 12.1 Å². The summed E-state index contributed by atoms with van der Waals surface area (Å²) in [4.78, 5) is 21.5. The Bertz CT molecular complexity index is 456. The second-order valence-electron chi connectivity index (χ2n) is 3.92. The van der Waals surface area contributed by atoms with Crippen LogP contribution in [0.4, 0.5) is 4.79 Å². The summed E-state index contributed by atoms with van der Waals surface area (Å²) >= 11 is 0. The van der Waals surface area contributed by atoms with Crippen LogP contribution < -0.4 is 10.1 Å². The van der Waals surface area contributed by atoms with Crippen molar-refractivity contribution in [3.05, 3.63) is 29.3 Å². The maximum Gasteiger partial charge on any atom is 0.413 e. The van der Waals surface area contributed by atoms with Gasteiger partial charge in [0.1, 0.15) is 12.3 Å². The van der Waals surface area contributed by atoms with Gasteiger partial charge < -0.3 is 15.2 Å². The number of aryl methyl sites for hydroxylation is 2. The molecule has 1 aliphatic carbocycles. The number of benzene rings is 1. The van der Waals surface area contributed by atoms with Crippen molar-refractivity contribution in [3.63, 3.8) is 0 Å². The van der Waals surface area contributed by atoms with Crippen LogP contribution in [-0.4, -0.2) is 23.7 Å². The lowest BCUT2D eigenvalue weighted by Gasteiger charge is -2.06. The predicted molar refractivity (Wildman–Crippen MR) is 60.1 cm³/mol. The Morgan fingerprint density at radius 3 is 2.82 bits per heavy atom. The van der Waals surface area contributed by atoms with Crippen molar-refractivity contribution in [2.45, 2.75) is 19.3 Å². The van der Waals surface area contributed by atoms with E-state index >= 15 is 0 Å². The molecule has 0 aromatic heterocycles. The standard InChI is InChI=1S/C12H13NO4/c14-11(15)7-13-12(16)17-10-5-4-8-2-1-3-9(8)6-10/h4-6H,1-3,7H2,(H,13,16)(H,14,15). The molecule has 1 aliphatic rings. The van der Waals surface area contributed by atoms with E-state index in [2.05, 4.69) is 5.32 Å². The predicted octanol–water partition coefficient (Wildman–Crippen LogP) is 1.35. The van der Waals surface area contributed by atoms with Gasteiger partial charge in [-0.05, 0) is 42.5 Å². The molecule has 0 atom stereocenters. The van der Waals surface area contributed by atoms with E-state index in [0.29, 0.717) is 5.75 Å². The molecule has 0 aliphatic heterocycles.